The Morgan fingerprint density at radius 2 is 2.55 bits per heavy atom. The van der Waals surface area contributed by atoms with E-state index >= 15 is 0 Å². The number of carbonyl (C=O) groups excluding carboxylic acids is 1. The first-order chi connectivity index (χ1) is 5.36. The van der Waals surface area contributed by atoms with E-state index in [4.69, 9.17) is 0 Å². The van der Waals surface area contributed by atoms with Crippen LogP contribution in [0.4, 0.5) is 5.82 Å². The number of hydrogen-bond acceptors (Lipinski definition) is 2. The van der Waals surface area contributed by atoms with Gasteiger partial charge in [0.25, 0.3) is 0 Å². The largest absolute Gasteiger partial charge is 0.311 e. The van der Waals surface area contributed by atoms with E-state index in [-0.39, 0.29) is 11.8 Å². The maximum absolute atomic E-state index is 11.1. The maximum atomic E-state index is 11.1. The fourth-order valence-electron chi connectivity index (χ4n) is 0.906. The Bertz CT molecular complexity index is 251. The summed E-state index contributed by atoms with van der Waals surface area (Å²) < 4.78 is 0. The van der Waals surface area contributed by atoms with E-state index in [1.54, 1.807) is 12.3 Å². The molecule has 0 radical (unpaired) electrons. The summed E-state index contributed by atoms with van der Waals surface area (Å²) in [6.45, 7) is 0. The molecule has 1 heterocycles. The second-order valence-electron chi connectivity index (χ2n) is 2.73. The van der Waals surface area contributed by atoms with E-state index in [0.717, 1.165) is 12.8 Å². The smallest absolute Gasteiger partial charge is 0.228 e. The first kappa shape index (κ1) is 6.39. The van der Waals surface area contributed by atoms with Crippen LogP contribution in [0.15, 0.2) is 12.3 Å². The first-order valence-corrected chi connectivity index (χ1v) is 3.66. The Balaban J connectivity index is 1.94. The molecule has 0 saturated heterocycles. The maximum Gasteiger partial charge on any atom is 0.228 e. The topological polar surface area (TPSA) is 57.8 Å². The average Bonchev–Trinajstić information content (AvgIpc) is 2.73. The van der Waals surface area contributed by atoms with Crippen molar-refractivity contribution in [2.75, 3.05) is 5.32 Å². The Kier molecular flexibility index (Phi) is 1.38. The molecule has 58 valence electrons. The third-order valence-corrected chi connectivity index (χ3v) is 1.71. The number of nitrogens with zero attached hydrogens (tertiary/aromatic N) is 1. The van der Waals surface area contributed by atoms with Gasteiger partial charge in [-0.3, -0.25) is 9.89 Å². The number of anilines is 1. The van der Waals surface area contributed by atoms with Gasteiger partial charge in [-0.25, -0.2) is 0 Å². The molecular weight excluding hydrogens is 142 g/mol. The zero-order valence-electron chi connectivity index (χ0n) is 6.00. The van der Waals surface area contributed by atoms with E-state index in [0.29, 0.717) is 5.82 Å². The van der Waals surface area contributed by atoms with Crippen molar-refractivity contribution in [1.29, 1.82) is 0 Å². The summed E-state index contributed by atoms with van der Waals surface area (Å²) >= 11 is 0. The molecule has 2 N–H and O–H groups in total. The van der Waals surface area contributed by atoms with Crippen LogP contribution < -0.4 is 5.32 Å². The molecule has 0 unspecified atom stereocenters. The lowest BCUT2D eigenvalue weighted by Crippen LogP contribution is -2.13. The van der Waals surface area contributed by atoms with Gasteiger partial charge >= 0.3 is 0 Å². The number of H-pyrrole nitrogens is 1. The molecule has 0 aromatic carbocycles. The molecule has 1 amide bonds. The van der Waals surface area contributed by atoms with Crippen LogP contribution in [0.5, 0.6) is 0 Å². The van der Waals surface area contributed by atoms with Crippen molar-refractivity contribution in [3.05, 3.63) is 12.3 Å². The third-order valence-electron chi connectivity index (χ3n) is 1.71. The van der Waals surface area contributed by atoms with Crippen molar-refractivity contribution < 1.29 is 4.79 Å². The zero-order valence-corrected chi connectivity index (χ0v) is 6.00. The molecule has 2 rings (SSSR count). The van der Waals surface area contributed by atoms with Crippen molar-refractivity contribution in [3.63, 3.8) is 0 Å². The standard InChI is InChI=1S/C7H9N3O/c11-7(5-1-2-5)9-6-3-4-8-10-6/h3-5H,1-2H2,(H2,8,9,10,11). The molecule has 1 aliphatic rings. The summed E-state index contributed by atoms with van der Waals surface area (Å²) in [5.41, 5.74) is 0. The van der Waals surface area contributed by atoms with Gasteiger partial charge in [0, 0.05) is 12.0 Å². The van der Waals surface area contributed by atoms with Gasteiger partial charge in [0.2, 0.25) is 5.91 Å². The van der Waals surface area contributed by atoms with E-state index in [1.165, 1.54) is 0 Å². The van der Waals surface area contributed by atoms with Crippen molar-refractivity contribution >= 4 is 11.7 Å². The van der Waals surface area contributed by atoms with Gasteiger partial charge < -0.3 is 5.32 Å². The van der Waals surface area contributed by atoms with Crippen LogP contribution in [0.1, 0.15) is 12.8 Å². The second-order valence-corrected chi connectivity index (χ2v) is 2.73. The van der Waals surface area contributed by atoms with E-state index in [1.807, 2.05) is 0 Å². The molecule has 0 aliphatic heterocycles. The minimum Gasteiger partial charge on any atom is -0.311 e. The Morgan fingerprint density at radius 3 is 3.09 bits per heavy atom. The first-order valence-electron chi connectivity index (χ1n) is 3.66. The van der Waals surface area contributed by atoms with Crippen LogP contribution in [0.25, 0.3) is 0 Å². The number of carbonyl (C=O) groups is 1. The lowest BCUT2D eigenvalue weighted by atomic mass is 10.4. The summed E-state index contributed by atoms with van der Waals surface area (Å²) in [6, 6.07) is 1.74. The Hall–Kier alpha value is -1.32. The normalized spacial score (nSPS) is 16.4. The van der Waals surface area contributed by atoms with Gasteiger partial charge in [-0.2, -0.15) is 5.10 Å². The second kappa shape index (κ2) is 2.38. The number of hydrogen-bond donors (Lipinski definition) is 2. The summed E-state index contributed by atoms with van der Waals surface area (Å²) in [4.78, 5) is 11.1. The lowest BCUT2D eigenvalue weighted by molar-refractivity contribution is -0.117. The SMILES string of the molecule is O=C(Nc1ccn[nH]1)C1CC1. The van der Waals surface area contributed by atoms with Gasteiger partial charge in [-0.1, -0.05) is 0 Å². The van der Waals surface area contributed by atoms with Gasteiger partial charge in [0.1, 0.15) is 5.82 Å². The molecule has 1 aromatic heterocycles. The third kappa shape index (κ3) is 1.39. The summed E-state index contributed by atoms with van der Waals surface area (Å²) in [7, 11) is 0. The van der Waals surface area contributed by atoms with E-state index in [2.05, 4.69) is 15.5 Å². The minimum absolute atomic E-state index is 0.106. The van der Waals surface area contributed by atoms with Crippen LogP contribution in [0.3, 0.4) is 0 Å². The van der Waals surface area contributed by atoms with E-state index < -0.39 is 0 Å². The van der Waals surface area contributed by atoms with Gasteiger partial charge in [-0.15, -0.1) is 0 Å². The molecular formula is C7H9N3O. The molecule has 1 saturated carbocycles. The van der Waals surface area contributed by atoms with Crippen molar-refractivity contribution in [2.45, 2.75) is 12.8 Å². The van der Waals surface area contributed by atoms with Crippen molar-refractivity contribution in [3.8, 4) is 0 Å². The molecule has 0 bridgehead atoms. The van der Waals surface area contributed by atoms with Gasteiger partial charge in [0.05, 0.1) is 6.20 Å². The molecule has 4 nitrogen and oxygen atoms in total. The molecule has 1 aliphatic carbocycles. The molecule has 1 fully saturated rings. The fourth-order valence-corrected chi connectivity index (χ4v) is 0.906. The predicted octanol–water partition coefficient (Wildman–Crippen LogP) is 0.758. The summed E-state index contributed by atoms with van der Waals surface area (Å²) in [6.07, 6.45) is 3.67. The molecule has 0 atom stereocenters. The summed E-state index contributed by atoms with van der Waals surface area (Å²) in [5.74, 6) is 1.04. The van der Waals surface area contributed by atoms with Crippen LogP contribution in [-0.2, 0) is 4.79 Å². The lowest BCUT2D eigenvalue weighted by Gasteiger charge is -1.97. The minimum atomic E-state index is 0.106. The number of rotatable bonds is 2. The van der Waals surface area contributed by atoms with Crippen molar-refractivity contribution in [1.82, 2.24) is 10.2 Å². The highest BCUT2D eigenvalue weighted by Crippen LogP contribution is 2.29. The monoisotopic (exact) mass is 151 g/mol. The number of amides is 1. The quantitative estimate of drug-likeness (QED) is 0.655. The van der Waals surface area contributed by atoms with Crippen LogP contribution in [0, 0.1) is 5.92 Å². The molecule has 1 aromatic rings. The van der Waals surface area contributed by atoms with E-state index in [9.17, 15) is 4.79 Å². The Labute approximate surface area is 64.0 Å². The highest BCUT2D eigenvalue weighted by molar-refractivity contribution is 5.93. The van der Waals surface area contributed by atoms with Crippen LogP contribution >= 0.6 is 0 Å². The van der Waals surface area contributed by atoms with Crippen LogP contribution in [-0.4, -0.2) is 16.1 Å². The average molecular weight is 151 g/mol. The Morgan fingerprint density at radius 1 is 1.73 bits per heavy atom. The zero-order chi connectivity index (χ0) is 7.68. The number of aromatic amines is 1. The molecule has 4 heteroatoms. The van der Waals surface area contributed by atoms with Gasteiger partial charge in [-0.05, 0) is 12.8 Å². The highest BCUT2D eigenvalue weighted by atomic mass is 16.2. The number of nitrogens with one attached hydrogen (secondary N) is 2. The summed E-state index contributed by atoms with van der Waals surface area (Å²) in [5, 5.41) is 9.11. The van der Waals surface area contributed by atoms with Crippen LogP contribution in [0.2, 0.25) is 0 Å². The molecule has 11 heavy (non-hydrogen) atoms. The van der Waals surface area contributed by atoms with Crippen molar-refractivity contribution in [2.24, 2.45) is 5.92 Å². The molecule has 0 spiro atoms. The fraction of sp³-hybridized carbons (Fsp3) is 0.429. The number of aromatic nitrogens is 2. The van der Waals surface area contributed by atoms with Gasteiger partial charge in [0.15, 0.2) is 0 Å². The highest BCUT2D eigenvalue weighted by Gasteiger charge is 2.29. The predicted molar refractivity (Wildman–Crippen MR) is 39.9 cm³/mol.